The minimum Gasteiger partial charge on any atom is -0.308 e. The fraction of sp³-hybridized carbons (Fsp3) is 0.667. The summed E-state index contributed by atoms with van der Waals surface area (Å²) >= 11 is 1.46. The zero-order valence-corrected chi connectivity index (χ0v) is 9.37. The van der Waals surface area contributed by atoms with Crippen LogP contribution in [0, 0.1) is 6.92 Å². The molecule has 6 heteroatoms. The molecule has 0 saturated carbocycles. The van der Waals surface area contributed by atoms with Gasteiger partial charge in [-0.3, -0.25) is 0 Å². The zero-order valence-electron chi connectivity index (χ0n) is 8.56. The largest absolute Gasteiger partial charge is 0.390 e. The molecule has 1 aromatic rings. The number of nitrogens with zero attached hydrogens (tertiary/aromatic N) is 1. The second-order valence-corrected chi connectivity index (χ2v) is 4.26. The molecule has 0 aromatic carbocycles. The van der Waals surface area contributed by atoms with Crippen LogP contribution in [0.4, 0.5) is 13.2 Å². The molecule has 0 bridgehead atoms. The predicted molar refractivity (Wildman–Crippen MR) is 53.9 cm³/mol. The molecule has 0 amide bonds. The molecule has 86 valence electrons. The van der Waals surface area contributed by atoms with Crippen LogP contribution in [-0.4, -0.2) is 17.7 Å². The topological polar surface area (TPSA) is 24.9 Å². The first-order valence-corrected chi connectivity index (χ1v) is 5.48. The number of halogens is 3. The average molecular weight is 238 g/mol. The molecule has 0 spiro atoms. The van der Waals surface area contributed by atoms with Crippen molar-refractivity contribution >= 4 is 11.3 Å². The molecule has 1 heterocycles. The van der Waals surface area contributed by atoms with E-state index in [0.717, 1.165) is 10.7 Å². The normalized spacial score (nSPS) is 14.2. The van der Waals surface area contributed by atoms with Gasteiger partial charge in [0.2, 0.25) is 0 Å². The van der Waals surface area contributed by atoms with Gasteiger partial charge in [0.1, 0.15) is 5.01 Å². The second kappa shape index (κ2) is 4.94. The number of hydrogen-bond donors (Lipinski definition) is 1. The van der Waals surface area contributed by atoms with Gasteiger partial charge in [-0.1, -0.05) is 0 Å². The van der Waals surface area contributed by atoms with Crippen molar-refractivity contribution in [1.82, 2.24) is 10.3 Å². The standard InChI is InChI=1S/C9H13F3N2S/c1-6-5-15-8(14-6)7(2)13-4-3-9(10,11)12/h5,7,13H,3-4H2,1-2H3. The maximum atomic E-state index is 11.9. The molecule has 2 nitrogen and oxygen atoms in total. The van der Waals surface area contributed by atoms with Gasteiger partial charge in [-0.2, -0.15) is 13.2 Å². The molecule has 1 atom stereocenters. The third-order valence-electron chi connectivity index (χ3n) is 1.87. The Hall–Kier alpha value is -0.620. The average Bonchev–Trinajstić information content (AvgIpc) is 2.49. The molecular formula is C9H13F3N2S. The van der Waals surface area contributed by atoms with Crippen LogP contribution < -0.4 is 5.32 Å². The Balaban J connectivity index is 2.34. The van der Waals surface area contributed by atoms with Crippen LogP contribution in [0.3, 0.4) is 0 Å². The van der Waals surface area contributed by atoms with E-state index >= 15 is 0 Å². The lowest BCUT2D eigenvalue weighted by Crippen LogP contribution is -2.24. The molecule has 1 aromatic heterocycles. The highest BCUT2D eigenvalue weighted by atomic mass is 32.1. The van der Waals surface area contributed by atoms with Crippen molar-refractivity contribution in [1.29, 1.82) is 0 Å². The lowest BCUT2D eigenvalue weighted by Gasteiger charge is -2.12. The van der Waals surface area contributed by atoms with Crippen LogP contribution in [0.15, 0.2) is 5.38 Å². The minimum absolute atomic E-state index is 0.0662. The fourth-order valence-electron chi connectivity index (χ4n) is 1.09. The van der Waals surface area contributed by atoms with E-state index in [-0.39, 0.29) is 12.6 Å². The van der Waals surface area contributed by atoms with Crippen molar-refractivity contribution in [3.8, 4) is 0 Å². The zero-order chi connectivity index (χ0) is 11.5. The highest BCUT2D eigenvalue weighted by Gasteiger charge is 2.26. The molecule has 1 N–H and O–H groups in total. The summed E-state index contributed by atoms with van der Waals surface area (Å²) in [5.41, 5.74) is 0.902. The van der Waals surface area contributed by atoms with Gasteiger partial charge in [0.25, 0.3) is 0 Å². The molecule has 0 aliphatic rings. The maximum Gasteiger partial charge on any atom is 0.390 e. The van der Waals surface area contributed by atoms with Crippen molar-refractivity contribution in [3.63, 3.8) is 0 Å². The van der Waals surface area contributed by atoms with Crippen molar-refractivity contribution in [2.75, 3.05) is 6.54 Å². The summed E-state index contributed by atoms with van der Waals surface area (Å²) in [5, 5.41) is 5.51. The van der Waals surface area contributed by atoms with Gasteiger partial charge in [0, 0.05) is 17.6 Å². The summed E-state index contributed by atoms with van der Waals surface area (Å²) < 4.78 is 35.6. The van der Waals surface area contributed by atoms with Crippen molar-refractivity contribution in [2.24, 2.45) is 0 Å². The molecule has 1 rings (SSSR count). The third kappa shape index (κ3) is 4.61. The van der Waals surface area contributed by atoms with Crippen molar-refractivity contribution in [2.45, 2.75) is 32.5 Å². The van der Waals surface area contributed by atoms with E-state index in [4.69, 9.17) is 0 Å². The monoisotopic (exact) mass is 238 g/mol. The Morgan fingerprint density at radius 1 is 1.53 bits per heavy atom. The Morgan fingerprint density at radius 3 is 2.67 bits per heavy atom. The predicted octanol–water partition coefficient (Wildman–Crippen LogP) is 3.05. The van der Waals surface area contributed by atoms with Crippen LogP contribution in [0.5, 0.6) is 0 Å². The highest BCUT2D eigenvalue weighted by molar-refractivity contribution is 7.09. The van der Waals surface area contributed by atoms with E-state index in [1.54, 1.807) is 0 Å². The SMILES string of the molecule is Cc1csc(C(C)NCCC(F)(F)F)n1. The smallest absolute Gasteiger partial charge is 0.308 e. The van der Waals surface area contributed by atoms with Gasteiger partial charge in [-0.15, -0.1) is 11.3 Å². The molecule has 0 radical (unpaired) electrons. The minimum atomic E-state index is -4.09. The maximum absolute atomic E-state index is 11.9. The number of thiazole rings is 1. The van der Waals surface area contributed by atoms with E-state index in [0.29, 0.717) is 0 Å². The van der Waals surface area contributed by atoms with Crippen LogP contribution >= 0.6 is 11.3 Å². The summed E-state index contributed by atoms with van der Waals surface area (Å²) in [6, 6.07) is -0.119. The summed E-state index contributed by atoms with van der Waals surface area (Å²) in [7, 11) is 0. The van der Waals surface area contributed by atoms with E-state index in [1.807, 2.05) is 19.2 Å². The lowest BCUT2D eigenvalue weighted by atomic mass is 10.3. The van der Waals surface area contributed by atoms with E-state index in [9.17, 15) is 13.2 Å². The van der Waals surface area contributed by atoms with E-state index in [2.05, 4.69) is 10.3 Å². The Morgan fingerprint density at radius 2 is 2.20 bits per heavy atom. The van der Waals surface area contributed by atoms with Gasteiger partial charge in [-0.25, -0.2) is 4.98 Å². The Bertz CT molecular complexity index is 309. The van der Waals surface area contributed by atoms with Gasteiger partial charge >= 0.3 is 6.18 Å². The molecule has 0 fully saturated rings. The molecule has 0 aliphatic heterocycles. The molecule has 0 saturated heterocycles. The van der Waals surface area contributed by atoms with Crippen molar-refractivity contribution in [3.05, 3.63) is 16.1 Å². The Kier molecular flexibility index (Phi) is 4.10. The van der Waals surface area contributed by atoms with E-state index in [1.165, 1.54) is 11.3 Å². The van der Waals surface area contributed by atoms with Gasteiger partial charge in [-0.05, 0) is 13.8 Å². The highest BCUT2D eigenvalue weighted by Crippen LogP contribution is 2.20. The summed E-state index contributed by atoms with van der Waals surface area (Å²) in [6.07, 6.45) is -4.90. The second-order valence-electron chi connectivity index (χ2n) is 3.37. The number of aryl methyl sites for hydroxylation is 1. The quantitative estimate of drug-likeness (QED) is 0.872. The third-order valence-corrected chi connectivity index (χ3v) is 3.01. The van der Waals surface area contributed by atoms with Crippen LogP contribution in [-0.2, 0) is 0 Å². The van der Waals surface area contributed by atoms with Gasteiger partial charge in [0.15, 0.2) is 0 Å². The van der Waals surface area contributed by atoms with Gasteiger partial charge in [0.05, 0.1) is 12.5 Å². The number of alkyl halides is 3. The van der Waals surface area contributed by atoms with E-state index < -0.39 is 12.6 Å². The molecule has 1 unspecified atom stereocenters. The lowest BCUT2D eigenvalue weighted by molar-refractivity contribution is -0.133. The number of aromatic nitrogens is 1. The first-order valence-electron chi connectivity index (χ1n) is 4.60. The number of hydrogen-bond acceptors (Lipinski definition) is 3. The first kappa shape index (κ1) is 12.4. The molecule has 15 heavy (non-hydrogen) atoms. The summed E-state index contributed by atoms with van der Waals surface area (Å²) in [4.78, 5) is 4.20. The number of rotatable bonds is 4. The Labute approximate surface area is 90.5 Å². The molecular weight excluding hydrogens is 225 g/mol. The fourth-order valence-corrected chi connectivity index (χ4v) is 1.92. The van der Waals surface area contributed by atoms with Gasteiger partial charge < -0.3 is 5.32 Å². The van der Waals surface area contributed by atoms with Crippen LogP contribution in [0.1, 0.15) is 30.1 Å². The first-order chi connectivity index (χ1) is 6.88. The van der Waals surface area contributed by atoms with Crippen LogP contribution in [0.2, 0.25) is 0 Å². The van der Waals surface area contributed by atoms with Crippen LogP contribution in [0.25, 0.3) is 0 Å². The molecule has 0 aliphatic carbocycles. The summed E-state index contributed by atoms with van der Waals surface area (Å²) in [6.45, 7) is 3.61. The van der Waals surface area contributed by atoms with Crippen molar-refractivity contribution < 1.29 is 13.2 Å². The summed E-state index contributed by atoms with van der Waals surface area (Å²) in [5.74, 6) is 0. The number of nitrogens with one attached hydrogen (secondary N) is 1.